The first-order chi connectivity index (χ1) is 10.8. The van der Waals surface area contributed by atoms with E-state index in [1.165, 1.54) is 0 Å². The monoisotopic (exact) mass is 522 g/mol. The predicted octanol–water partition coefficient (Wildman–Crippen LogP) is 1.81. The second-order valence-electron chi connectivity index (χ2n) is 3.92. The van der Waals surface area contributed by atoms with Crippen LogP contribution in [0.3, 0.4) is 0 Å². The maximum Gasteiger partial charge on any atom is 2.00 e. The zero-order valence-electron chi connectivity index (χ0n) is 12.4. The molecule has 0 saturated carbocycles. The molecule has 1 rings (SSSR count). The third kappa shape index (κ3) is 12.5. The summed E-state index contributed by atoms with van der Waals surface area (Å²) in [5.74, 6) is 0.384. The summed E-state index contributed by atoms with van der Waals surface area (Å²) in [6, 6.07) is 0. The van der Waals surface area contributed by atoms with Crippen LogP contribution in [0.2, 0.25) is 0 Å². The van der Waals surface area contributed by atoms with Crippen LogP contribution in [-0.2, 0) is 44.5 Å². The number of allylic oxidation sites excluding steroid dienone is 4. The predicted molar refractivity (Wildman–Crippen MR) is 68.6 cm³/mol. The van der Waals surface area contributed by atoms with Crippen LogP contribution in [0, 0.1) is 5.92 Å². The van der Waals surface area contributed by atoms with Crippen LogP contribution in [0.15, 0.2) is 24.3 Å². The first-order valence-corrected chi connectivity index (χ1v) is 8.58. The fourth-order valence-corrected chi connectivity index (χ4v) is 0.882. The zero-order chi connectivity index (χ0) is 20.7. The van der Waals surface area contributed by atoms with Gasteiger partial charge in [-0.05, 0) is 0 Å². The van der Waals surface area contributed by atoms with Crippen LogP contribution in [-0.4, -0.2) is 42.7 Å². The Morgan fingerprint density at radius 2 is 1.12 bits per heavy atom. The molecule has 1 aliphatic carbocycles. The normalized spacial score (nSPS) is 14.5. The van der Waals surface area contributed by atoms with Gasteiger partial charge in [-0.3, -0.25) is 4.79 Å². The number of alkyl halides is 6. The van der Waals surface area contributed by atoms with E-state index in [0.717, 1.165) is 0 Å². The van der Waals surface area contributed by atoms with Crippen molar-refractivity contribution in [2.24, 2.45) is 5.92 Å². The quantitative estimate of drug-likeness (QED) is 0.234. The van der Waals surface area contributed by atoms with E-state index in [4.69, 9.17) is 25.9 Å². The van der Waals surface area contributed by atoms with Crippen molar-refractivity contribution in [3.63, 3.8) is 0 Å². The van der Waals surface area contributed by atoms with Gasteiger partial charge in [-0.15, -0.1) is 0 Å². The minimum absolute atomic E-state index is 0. The smallest absolute Gasteiger partial charge is 0.741 e. The summed E-state index contributed by atoms with van der Waals surface area (Å²) in [5, 5.41) is 0. The van der Waals surface area contributed by atoms with Crippen molar-refractivity contribution in [3.8, 4) is 0 Å². The molecular weight excluding hydrogens is 511 g/mol. The molecule has 0 aromatic heterocycles. The number of ketones is 1. The van der Waals surface area contributed by atoms with Crippen LogP contribution >= 0.6 is 0 Å². The van der Waals surface area contributed by atoms with E-state index in [-0.39, 0.29) is 25.4 Å². The van der Waals surface area contributed by atoms with Gasteiger partial charge >= 0.3 is 30.5 Å². The molecule has 0 spiro atoms. The first kappa shape index (κ1) is 29.9. The van der Waals surface area contributed by atoms with Gasteiger partial charge in [0.2, 0.25) is 0 Å². The third-order valence-electron chi connectivity index (χ3n) is 2.04. The fourth-order valence-electron chi connectivity index (χ4n) is 0.882. The zero-order valence-corrected chi connectivity index (χ0v) is 15.8. The molecule has 0 radical (unpaired) electrons. The second kappa shape index (κ2) is 11.1. The summed E-state index contributed by atoms with van der Waals surface area (Å²) in [4.78, 5) is 10.9. The van der Waals surface area contributed by atoms with Crippen molar-refractivity contribution in [2.45, 2.75) is 24.4 Å². The van der Waals surface area contributed by atoms with E-state index in [1.54, 1.807) is 0 Å². The molecule has 7 nitrogen and oxygen atoms in total. The van der Waals surface area contributed by atoms with Crippen molar-refractivity contribution in [1.82, 2.24) is 0 Å². The molecule has 0 amide bonds. The number of hydrogen-bond acceptors (Lipinski definition) is 7. The Hall–Kier alpha value is -0.827. The number of hydrogen-bond donors (Lipinski definition) is 0. The summed E-state index contributed by atoms with van der Waals surface area (Å²) in [5.41, 5.74) is -11.3. The van der Waals surface area contributed by atoms with Gasteiger partial charge in [-0.25, -0.2) is 16.8 Å². The van der Waals surface area contributed by atoms with Crippen molar-refractivity contribution in [3.05, 3.63) is 24.3 Å². The molecule has 154 valence electrons. The molecule has 0 saturated heterocycles. The fraction of sp³-hybridized carbons (Fsp3) is 0.500. The van der Waals surface area contributed by atoms with Crippen molar-refractivity contribution < 1.29 is 76.6 Å². The molecular formula is C10H10F6O7RuS2. The Bertz CT molecular complexity index is 653. The minimum Gasteiger partial charge on any atom is -0.741 e. The minimum atomic E-state index is -6.09. The van der Waals surface area contributed by atoms with Crippen molar-refractivity contribution in [1.29, 1.82) is 0 Å². The molecule has 1 aliphatic rings. The number of halogens is 6. The van der Waals surface area contributed by atoms with Crippen LogP contribution in [0.1, 0.15) is 13.3 Å². The molecule has 26 heavy (non-hydrogen) atoms. The van der Waals surface area contributed by atoms with E-state index in [0.29, 0.717) is 12.2 Å². The topological polar surface area (TPSA) is 131 Å². The summed E-state index contributed by atoms with van der Waals surface area (Å²) in [6.07, 6.45) is 8.31. The van der Waals surface area contributed by atoms with Gasteiger partial charge in [0.1, 0.15) is 5.78 Å². The second-order valence-corrected chi connectivity index (χ2v) is 6.66. The van der Waals surface area contributed by atoms with Crippen LogP contribution in [0.25, 0.3) is 0 Å². The van der Waals surface area contributed by atoms with E-state index in [2.05, 4.69) is 0 Å². The molecule has 0 aromatic rings. The number of rotatable bonds is 2. The van der Waals surface area contributed by atoms with Gasteiger partial charge < -0.3 is 9.11 Å². The van der Waals surface area contributed by atoms with Gasteiger partial charge in [-0.1, -0.05) is 31.2 Å². The van der Waals surface area contributed by atoms with Gasteiger partial charge in [0.15, 0.2) is 20.2 Å². The molecule has 0 heterocycles. The molecule has 0 bridgehead atoms. The average molecular weight is 521 g/mol. The first-order valence-electron chi connectivity index (χ1n) is 5.76. The summed E-state index contributed by atoms with van der Waals surface area (Å²) < 4.78 is 118. The van der Waals surface area contributed by atoms with Crippen LogP contribution < -0.4 is 0 Å². The number of carbonyl (C=O) groups is 1. The molecule has 0 aromatic carbocycles. The maximum absolute atomic E-state index is 10.9. The third-order valence-corrected chi connectivity index (χ3v) is 3.17. The largest absolute Gasteiger partial charge is 2.00 e. The Balaban J connectivity index is -0.000000301. The van der Waals surface area contributed by atoms with E-state index in [1.807, 2.05) is 31.2 Å². The molecule has 16 heteroatoms. The van der Waals surface area contributed by atoms with Gasteiger partial charge in [-0.2, -0.15) is 26.3 Å². The summed E-state index contributed by atoms with van der Waals surface area (Å²) >= 11 is 0. The van der Waals surface area contributed by atoms with Gasteiger partial charge in [0, 0.05) is 6.42 Å². The summed E-state index contributed by atoms with van der Waals surface area (Å²) in [7, 11) is -12.2. The molecule has 0 N–H and O–H groups in total. The van der Waals surface area contributed by atoms with Crippen molar-refractivity contribution in [2.75, 3.05) is 0 Å². The molecule has 0 unspecified atom stereocenters. The van der Waals surface area contributed by atoms with E-state index >= 15 is 0 Å². The Morgan fingerprint density at radius 1 is 0.885 bits per heavy atom. The van der Waals surface area contributed by atoms with Crippen molar-refractivity contribution >= 4 is 26.0 Å². The average Bonchev–Trinajstić information content (AvgIpc) is 2.88. The number of Topliss-reactive ketones (excluding diaryl/α,β-unsaturated/α-hetero) is 1. The molecule has 0 fully saturated rings. The van der Waals surface area contributed by atoms with Crippen LogP contribution in [0.5, 0.6) is 0 Å². The van der Waals surface area contributed by atoms with E-state index in [9.17, 15) is 31.1 Å². The van der Waals surface area contributed by atoms with E-state index < -0.39 is 31.3 Å². The molecule has 0 aliphatic heterocycles. The Labute approximate surface area is 157 Å². The van der Waals surface area contributed by atoms with Gasteiger partial charge in [0.25, 0.3) is 0 Å². The SMILES string of the molecule is CCC(=O)C1C=CC=C1.O=S(=O)([O-])C(F)(F)F.O=S(=O)([O-])C(F)(F)F.[Ru+2]. The molecule has 0 atom stereocenters. The van der Waals surface area contributed by atoms with Gasteiger partial charge in [0.05, 0.1) is 5.92 Å². The summed E-state index contributed by atoms with van der Waals surface area (Å²) in [6.45, 7) is 1.89. The van der Waals surface area contributed by atoms with Crippen LogP contribution in [0.4, 0.5) is 26.3 Å². The standard InChI is InChI=1S/C8H10O.2CHF3O3S.Ru/c1-2-8(9)7-5-3-4-6-7;2*2-1(3,4)8(5,6)7;/h3-7H,2H2,1H3;2*(H,5,6,7);/q;;;+2/p-2. The Morgan fingerprint density at radius 3 is 1.27 bits per heavy atom. The number of carbonyl (C=O) groups excluding carboxylic acids is 1. The Kier molecular flexibility index (Phi) is 12.8. The maximum atomic E-state index is 10.9.